The molecule has 2 aliphatic heterocycles. The van der Waals surface area contributed by atoms with Gasteiger partial charge in [0.1, 0.15) is 13.2 Å². The van der Waals surface area contributed by atoms with Crippen LogP contribution < -0.4 is 14.8 Å². The summed E-state index contributed by atoms with van der Waals surface area (Å²) in [5, 5.41) is 3.16. The summed E-state index contributed by atoms with van der Waals surface area (Å²) in [4.78, 5) is 14.9. The fraction of sp³-hybridized carbons (Fsp3) is 0.588. The van der Waals surface area contributed by atoms with E-state index in [-0.39, 0.29) is 5.91 Å². The molecule has 0 spiro atoms. The van der Waals surface area contributed by atoms with Crippen LogP contribution in [0.5, 0.6) is 11.5 Å². The molecule has 0 aliphatic carbocycles. The molecular weight excluding hydrogens is 328 g/mol. The van der Waals surface area contributed by atoms with Gasteiger partial charge in [-0.2, -0.15) is 0 Å². The molecule has 2 aliphatic rings. The minimum Gasteiger partial charge on any atom is -0.486 e. The first-order valence-corrected chi connectivity index (χ1v) is 9.69. The number of amides is 1. The van der Waals surface area contributed by atoms with Gasteiger partial charge in [-0.15, -0.1) is 0 Å². The van der Waals surface area contributed by atoms with Crippen molar-refractivity contribution in [2.24, 2.45) is 5.92 Å². The number of hydrogen-bond donors (Lipinski definition) is 1. The number of carbonyl (C=O) groups excluding carboxylic acids is 1. The third-order valence-corrected chi connectivity index (χ3v) is 5.76. The van der Waals surface area contributed by atoms with Crippen LogP contribution in [0.4, 0.5) is 0 Å². The van der Waals surface area contributed by atoms with Crippen LogP contribution in [0.1, 0.15) is 12.8 Å². The zero-order valence-electron chi connectivity index (χ0n) is 14.0. The normalized spacial score (nSPS) is 20.9. The predicted molar refractivity (Wildman–Crippen MR) is 91.9 cm³/mol. The lowest BCUT2D eigenvalue weighted by molar-refractivity contribution is -0.129. The Labute approximate surface area is 145 Å². The van der Waals surface area contributed by atoms with Crippen molar-refractivity contribution in [1.82, 2.24) is 10.2 Å². The highest BCUT2D eigenvalue weighted by molar-refractivity contribution is 7.85. The second kappa shape index (κ2) is 7.98. The largest absolute Gasteiger partial charge is 0.486 e. The van der Waals surface area contributed by atoms with E-state index in [9.17, 15) is 9.00 Å². The van der Waals surface area contributed by atoms with Gasteiger partial charge in [0.15, 0.2) is 11.5 Å². The summed E-state index contributed by atoms with van der Waals surface area (Å²) in [5.41, 5.74) is 0. The third kappa shape index (κ3) is 4.08. The number of hydrogen-bond acceptors (Lipinski definition) is 5. The lowest BCUT2D eigenvalue weighted by atomic mass is 10.1. The SMILES string of the molecule is CNCC1CCN(C(=O)CCS(=O)c2ccc3c(c2)OCCO3)C1. The topological polar surface area (TPSA) is 67.9 Å². The average molecular weight is 352 g/mol. The van der Waals surface area contributed by atoms with Crippen molar-refractivity contribution >= 4 is 16.7 Å². The van der Waals surface area contributed by atoms with E-state index in [1.54, 1.807) is 18.2 Å². The molecule has 1 N–H and O–H groups in total. The zero-order valence-corrected chi connectivity index (χ0v) is 14.8. The van der Waals surface area contributed by atoms with Gasteiger partial charge in [-0.25, -0.2) is 0 Å². The van der Waals surface area contributed by atoms with E-state index >= 15 is 0 Å². The fourth-order valence-corrected chi connectivity index (χ4v) is 4.19. The Morgan fingerprint density at radius 2 is 2.12 bits per heavy atom. The number of ether oxygens (including phenoxy) is 2. The van der Waals surface area contributed by atoms with E-state index in [1.165, 1.54) is 0 Å². The van der Waals surface area contributed by atoms with Gasteiger partial charge < -0.3 is 19.7 Å². The van der Waals surface area contributed by atoms with Gasteiger partial charge in [-0.05, 0) is 38.1 Å². The smallest absolute Gasteiger partial charge is 0.223 e. The molecule has 1 saturated heterocycles. The monoisotopic (exact) mass is 352 g/mol. The van der Waals surface area contributed by atoms with Crippen LogP contribution >= 0.6 is 0 Å². The first-order valence-electron chi connectivity index (χ1n) is 8.38. The molecule has 1 amide bonds. The summed E-state index contributed by atoms with van der Waals surface area (Å²) in [6.07, 6.45) is 1.35. The van der Waals surface area contributed by atoms with Gasteiger partial charge >= 0.3 is 0 Å². The highest BCUT2D eigenvalue weighted by Gasteiger charge is 2.25. The highest BCUT2D eigenvalue weighted by Crippen LogP contribution is 2.31. The number of nitrogens with zero attached hydrogens (tertiary/aromatic N) is 1. The minimum absolute atomic E-state index is 0.0968. The van der Waals surface area contributed by atoms with Crippen LogP contribution in [0, 0.1) is 5.92 Å². The van der Waals surface area contributed by atoms with Gasteiger partial charge in [-0.1, -0.05) is 0 Å². The second-order valence-corrected chi connectivity index (χ2v) is 7.73. The molecule has 3 rings (SSSR count). The second-order valence-electron chi connectivity index (χ2n) is 6.16. The van der Waals surface area contributed by atoms with Gasteiger partial charge in [0.05, 0.1) is 10.8 Å². The van der Waals surface area contributed by atoms with Crippen molar-refractivity contribution in [1.29, 1.82) is 0 Å². The molecule has 7 heteroatoms. The van der Waals surface area contributed by atoms with Crippen molar-refractivity contribution in [3.8, 4) is 11.5 Å². The fourth-order valence-electron chi connectivity index (χ4n) is 3.14. The number of nitrogens with one attached hydrogen (secondary N) is 1. The van der Waals surface area contributed by atoms with Crippen molar-refractivity contribution in [2.45, 2.75) is 17.7 Å². The Kier molecular flexibility index (Phi) is 5.73. The summed E-state index contributed by atoms with van der Waals surface area (Å²) in [6, 6.07) is 5.33. The van der Waals surface area contributed by atoms with Crippen molar-refractivity contribution < 1.29 is 18.5 Å². The van der Waals surface area contributed by atoms with E-state index < -0.39 is 10.8 Å². The summed E-state index contributed by atoms with van der Waals surface area (Å²) in [7, 11) is 0.722. The Bertz CT molecular complexity index is 623. The molecule has 0 aromatic heterocycles. The molecule has 132 valence electrons. The van der Waals surface area contributed by atoms with Crippen LogP contribution in [0.2, 0.25) is 0 Å². The molecule has 0 radical (unpaired) electrons. The first-order chi connectivity index (χ1) is 11.7. The standard InChI is InChI=1S/C17H24N2O4S/c1-18-11-13-4-6-19(12-13)17(20)5-9-24(21)14-2-3-15-16(10-14)23-8-7-22-15/h2-3,10,13,18H,4-9,11-12H2,1H3. The molecule has 2 heterocycles. The van der Waals surface area contributed by atoms with Crippen molar-refractivity contribution in [3.05, 3.63) is 18.2 Å². The third-order valence-electron chi connectivity index (χ3n) is 4.41. The molecule has 2 unspecified atom stereocenters. The molecular formula is C17H24N2O4S. The maximum atomic E-state index is 12.5. The molecule has 24 heavy (non-hydrogen) atoms. The van der Waals surface area contributed by atoms with Gasteiger partial charge in [-0.3, -0.25) is 9.00 Å². The number of benzene rings is 1. The molecule has 0 bridgehead atoms. The summed E-state index contributed by atoms with van der Waals surface area (Å²) in [5.74, 6) is 2.28. The Morgan fingerprint density at radius 3 is 2.92 bits per heavy atom. The number of rotatable bonds is 6. The van der Waals surface area contributed by atoms with E-state index in [2.05, 4.69) is 5.32 Å². The van der Waals surface area contributed by atoms with E-state index in [1.807, 2.05) is 11.9 Å². The van der Waals surface area contributed by atoms with Gasteiger partial charge in [0, 0.05) is 36.2 Å². The maximum Gasteiger partial charge on any atom is 0.223 e. The van der Waals surface area contributed by atoms with Crippen LogP contribution in [0.25, 0.3) is 0 Å². The molecule has 1 fully saturated rings. The quantitative estimate of drug-likeness (QED) is 0.828. The van der Waals surface area contributed by atoms with E-state index in [4.69, 9.17) is 9.47 Å². The molecule has 6 nitrogen and oxygen atoms in total. The summed E-state index contributed by atoms with van der Waals surface area (Å²) < 4.78 is 23.4. The highest BCUT2D eigenvalue weighted by atomic mass is 32.2. The summed E-state index contributed by atoms with van der Waals surface area (Å²) in [6.45, 7) is 3.59. The predicted octanol–water partition coefficient (Wildman–Crippen LogP) is 1.02. The van der Waals surface area contributed by atoms with E-state index in [0.717, 1.165) is 26.1 Å². The number of fused-ring (bicyclic) bond motifs is 1. The minimum atomic E-state index is -1.21. The summed E-state index contributed by atoms with van der Waals surface area (Å²) >= 11 is 0. The van der Waals surface area contributed by atoms with Crippen molar-refractivity contribution in [2.75, 3.05) is 45.6 Å². The lowest BCUT2D eigenvalue weighted by Gasteiger charge is -2.19. The molecule has 2 atom stereocenters. The average Bonchev–Trinajstić information content (AvgIpc) is 3.08. The van der Waals surface area contributed by atoms with Crippen LogP contribution in [0.3, 0.4) is 0 Å². The maximum absolute atomic E-state index is 12.5. The van der Waals surface area contributed by atoms with Gasteiger partial charge in [0.2, 0.25) is 5.91 Å². The van der Waals surface area contributed by atoms with E-state index in [0.29, 0.717) is 47.7 Å². The Balaban J connectivity index is 1.51. The molecule has 1 aromatic rings. The van der Waals surface area contributed by atoms with Gasteiger partial charge in [0.25, 0.3) is 0 Å². The van der Waals surface area contributed by atoms with Crippen LogP contribution in [-0.4, -0.2) is 60.7 Å². The Hall–Kier alpha value is -1.60. The zero-order chi connectivity index (χ0) is 16.9. The van der Waals surface area contributed by atoms with Crippen LogP contribution in [0.15, 0.2) is 23.1 Å². The first kappa shape index (κ1) is 17.2. The number of carbonyl (C=O) groups is 1. The molecule has 1 aromatic carbocycles. The lowest BCUT2D eigenvalue weighted by Crippen LogP contribution is -2.31. The van der Waals surface area contributed by atoms with Crippen LogP contribution in [-0.2, 0) is 15.6 Å². The van der Waals surface area contributed by atoms with Crippen molar-refractivity contribution in [3.63, 3.8) is 0 Å². The number of likely N-dealkylation sites (tertiary alicyclic amines) is 1. The molecule has 0 saturated carbocycles. The Morgan fingerprint density at radius 1 is 1.33 bits per heavy atom.